The molecule has 1 saturated heterocycles. The highest BCUT2D eigenvalue weighted by Crippen LogP contribution is 2.39. The van der Waals surface area contributed by atoms with Gasteiger partial charge in [0, 0.05) is 24.6 Å². The van der Waals surface area contributed by atoms with Gasteiger partial charge >= 0.3 is 12.1 Å². The van der Waals surface area contributed by atoms with Crippen LogP contribution in [0.5, 0.6) is 0 Å². The molecule has 3 aromatic carbocycles. The van der Waals surface area contributed by atoms with E-state index in [-0.39, 0.29) is 23.6 Å². The Hall–Kier alpha value is -4.41. The van der Waals surface area contributed by atoms with Gasteiger partial charge < -0.3 is 24.5 Å². The normalized spacial score (nSPS) is 16.4. The molecule has 0 saturated carbocycles. The molecule has 42 heavy (non-hydrogen) atoms. The number of rotatable bonds is 10. The second-order valence-corrected chi connectivity index (χ2v) is 11.5. The number of carboxylic acids is 1. The fraction of sp³-hybridized carbons (Fsp3) is 0.156. The number of carbonyl (C=O) groups is 3. The molecule has 2 N–H and O–H groups in total. The van der Waals surface area contributed by atoms with Crippen LogP contribution in [0.1, 0.15) is 22.5 Å². The zero-order chi connectivity index (χ0) is 29.5. The number of benzene rings is 3. The van der Waals surface area contributed by atoms with Crippen molar-refractivity contribution in [2.45, 2.75) is 30.3 Å². The molecule has 1 aliphatic rings. The van der Waals surface area contributed by atoms with Gasteiger partial charge in [-0.05, 0) is 28.8 Å². The summed E-state index contributed by atoms with van der Waals surface area (Å²) in [6, 6.07) is 28.6. The molecule has 5 rings (SSSR count). The molecule has 0 unspecified atom stereocenters. The zero-order valence-electron chi connectivity index (χ0n) is 22.4. The molecule has 10 heteroatoms. The molecule has 4 aromatic rings. The predicted molar refractivity (Wildman–Crippen MR) is 164 cm³/mol. The Bertz CT molecular complexity index is 1570. The van der Waals surface area contributed by atoms with E-state index in [1.165, 1.54) is 11.8 Å². The molecule has 0 spiro atoms. The SMILES string of the molecule is O=C(N[C@H](Cc1ccc(-c2ccc(/C=C3\S[C@@H](S)N(Cc4ccccc4)C3=O)o2)cc1)C(=O)O)OCc1ccccc1. The minimum Gasteiger partial charge on any atom is -0.480 e. The molecule has 2 atom stereocenters. The first kappa shape index (κ1) is 29.1. The summed E-state index contributed by atoms with van der Waals surface area (Å²) in [4.78, 5) is 39.2. The lowest BCUT2D eigenvalue weighted by Crippen LogP contribution is -2.42. The zero-order valence-corrected chi connectivity index (χ0v) is 24.1. The Morgan fingerprint density at radius 2 is 1.62 bits per heavy atom. The van der Waals surface area contributed by atoms with Crippen molar-refractivity contribution >= 4 is 48.4 Å². The van der Waals surface area contributed by atoms with Gasteiger partial charge in [0.25, 0.3) is 5.91 Å². The summed E-state index contributed by atoms with van der Waals surface area (Å²) in [5, 5.41) is 12.0. The van der Waals surface area contributed by atoms with E-state index in [0.29, 0.717) is 23.0 Å². The quantitative estimate of drug-likeness (QED) is 0.147. The first-order chi connectivity index (χ1) is 20.4. The molecule has 2 amide bonds. The van der Waals surface area contributed by atoms with E-state index in [9.17, 15) is 19.5 Å². The highest BCUT2D eigenvalue weighted by molar-refractivity contribution is 8.14. The molecule has 0 radical (unpaired) electrons. The summed E-state index contributed by atoms with van der Waals surface area (Å²) < 4.78 is 10.9. The number of amides is 2. The second kappa shape index (κ2) is 13.5. The third-order valence-electron chi connectivity index (χ3n) is 6.55. The fourth-order valence-corrected chi connectivity index (χ4v) is 5.81. The van der Waals surface area contributed by atoms with Gasteiger partial charge in [0.05, 0.1) is 4.91 Å². The number of nitrogens with zero attached hydrogens (tertiary/aromatic N) is 1. The maximum atomic E-state index is 13.0. The largest absolute Gasteiger partial charge is 0.480 e. The number of hydrogen-bond donors (Lipinski definition) is 3. The number of furan rings is 1. The standard InChI is InChI=1S/C32H28N2O6S2/c35-29-28(42-32(41)34(29)19-22-7-3-1-4-8-22)18-25-15-16-27(40-25)24-13-11-21(12-14-24)17-26(30(36)37)33-31(38)39-20-23-9-5-2-6-10-23/h1-16,18,26,32,41H,17,19-20H2,(H,33,38)(H,36,37)/b28-18-/t26-,32-/m1/s1. The van der Waals surface area contributed by atoms with Gasteiger partial charge in [0.1, 0.15) is 28.9 Å². The molecule has 8 nitrogen and oxygen atoms in total. The maximum absolute atomic E-state index is 13.0. The van der Waals surface area contributed by atoms with Gasteiger partial charge in [-0.15, -0.1) is 12.6 Å². The average molecular weight is 601 g/mol. The molecular weight excluding hydrogens is 572 g/mol. The fourth-order valence-electron chi connectivity index (χ4n) is 4.36. The van der Waals surface area contributed by atoms with Crippen LogP contribution in [0.4, 0.5) is 4.79 Å². The summed E-state index contributed by atoms with van der Waals surface area (Å²) in [5.74, 6) is -0.123. The third kappa shape index (κ3) is 7.45. The van der Waals surface area contributed by atoms with Crippen LogP contribution < -0.4 is 5.32 Å². The lowest BCUT2D eigenvalue weighted by Gasteiger charge is -2.19. The minimum atomic E-state index is -1.16. The molecule has 0 bridgehead atoms. The number of thioether (sulfide) groups is 1. The van der Waals surface area contributed by atoms with Gasteiger partial charge in [-0.25, -0.2) is 9.59 Å². The van der Waals surface area contributed by atoms with Crippen LogP contribution in [0.3, 0.4) is 0 Å². The summed E-state index contributed by atoms with van der Waals surface area (Å²) in [7, 11) is 0. The number of alkyl carbamates (subject to hydrolysis) is 1. The van der Waals surface area contributed by atoms with Crippen LogP contribution in [0, 0.1) is 0 Å². The van der Waals surface area contributed by atoms with Crippen LogP contribution in [-0.2, 0) is 33.9 Å². The van der Waals surface area contributed by atoms with Crippen molar-refractivity contribution in [1.82, 2.24) is 10.2 Å². The van der Waals surface area contributed by atoms with Crippen molar-refractivity contribution < 1.29 is 28.6 Å². The molecule has 2 heterocycles. The van der Waals surface area contributed by atoms with Crippen molar-refractivity contribution in [3.05, 3.63) is 124 Å². The third-order valence-corrected chi connectivity index (χ3v) is 8.15. The molecule has 214 valence electrons. The van der Waals surface area contributed by atoms with E-state index >= 15 is 0 Å². The van der Waals surface area contributed by atoms with E-state index in [2.05, 4.69) is 17.9 Å². The van der Waals surface area contributed by atoms with Crippen LogP contribution in [0.15, 0.2) is 106 Å². The Labute approximate surface area is 252 Å². The Morgan fingerprint density at radius 1 is 0.952 bits per heavy atom. The molecule has 1 fully saturated rings. The van der Waals surface area contributed by atoms with Crippen molar-refractivity contribution in [2.75, 3.05) is 0 Å². The smallest absolute Gasteiger partial charge is 0.408 e. The Morgan fingerprint density at radius 3 is 2.29 bits per heavy atom. The molecule has 0 aliphatic carbocycles. The number of ether oxygens (including phenoxy) is 1. The molecule has 1 aromatic heterocycles. The van der Waals surface area contributed by atoms with E-state index in [4.69, 9.17) is 9.15 Å². The van der Waals surface area contributed by atoms with Crippen LogP contribution in [0.2, 0.25) is 0 Å². The van der Waals surface area contributed by atoms with Gasteiger partial charge in [-0.3, -0.25) is 4.79 Å². The van der Waals surface area contributed by atoms with E-state index in [1.807, 2.05) is 78.9 Å². The van der Waals surface area contributed by atoms with Gasteiger partial charge in [0.15, 0.2) is 0 Å². The van der Waals surface area contributed by atoms with Gasteiger partial charge in [-0.1, -0.05) is 96.7 Å². The lowest BCUT2D eigenvalue weighted by molar-refractivity contribution is -0.139. The van der Waals surface area contributed by atoms with E-state index < -0.39 is 18.1 Å². The van der Waals surface area contributed by atoms with Crippen molar-refractivity contribution in [1.29, 1.82) is 0 Å². The first-order valence-corrected chi connectivity index (χ1v) is 14.6. The maximum Gasteiger partial charge on any atom is 0.408 e. The van der Waals surface area contributed by atoms with Crippen molar-refractivity contribution in [2.24, 2.45) is 0 Å². The minimum absolute atomic E-state index is 0.0452. The highest BCUT2D eigenvalue weighted by Gasteiger charge is 2.34. The van der Waals surface area contributed by atoms with Gasteiger partial charge in [0.2, 0.25) is 0 Å². The number of nitrogens with one attached hydrogen (secondary N) is 1. The number of carboxylic acid groups (broad SMARTS) is 1. The number of aliphatic carboxylic acids is 1. The Kier molecular flexibility index (Phi) is 9.35. The Balaban J connectivity index is 1.18. The van der Waals surface area contributed by atoms with Crippen molar-refractivity contribution in [3.63, 3.8) is 0 Å². The lowest BCUT2D eigenvalue weighted by atomic mass is 10.0. The predicted octanol–water partition coefficient (Wildman–Crippen LogP) is 6.20. The summed E-state index contributed by atoms with van der Waals surface area (Å²) in [6.45, 7) is 0.518. The summed E-state index contributed by atoms with van der Waals surface area (Å²) >= 11 is 5.96. The molecular formula is C32H28N2O6S2. The first-order valence-electron chi connectivity index (χ1n) is 13.2. The average Bonchev–Trinajstić information content (AvgIpc) is 3.57. The second-order valence-electron chi connectivity index (χ2n) is 9.57. The van der Waals surface area contributed by atoms with Crippen LogP contribution in [0.25, 0.3) is 17.4 Å². The highest BCUT2D eigenvalue weighted by atomic mass is 32.2. The van der Waals surface area contributed by atoms with E-state index in [0.717, 1.165) is 22.3 Å². The van der Waals surface area contributed by atoms with Gasteiger partial charge in [-0.2, -0.15) is 0 Å². The summed E-state index contributed by atoms with van der Waals surface area (Å²) in [5.41, 5.74) is 3.34. The number of hydrogen-bond acceptors (Lipinski definition) is 7. The monoisotopic (exact) mass is 600 g/mol. The number of carbonyl (C=O) groups excluding carboxylic acids is 2. The van der Waals surface area contributed by atoms with Crippen LogP contribution >= 0.6 is 24.4 Å². The van der Waals surface area contributed by atoms with Crippen LogP contribution in [-0.4, -0.2) is 38.7 Å². The summed E-state index contributed by atoms with van der Waals surface area (Å²) in [6.07, 6.45) is 1.00. The molecule has 1 aliphatic heterocycles. The number of thiol groups is 1. The van der Waals surface area contributed by atoms with Crippen molar-refractivity contribution in [3.8, 4) is 11.3 Å². The topological polar surface area (TPSA) is 109 Å². The van der Waals surface area contributed by atoms with E-state index in [1.54, 1.807) is 29.2 Å².